The predicted molar refractivity (Wildman–Crippen MR) is 66.6 cm³/mol. The second kappa shape index (κ2) is 4.73. The Kier molecular flexibility index (Phi) is 3.99. The summed E-state index contributed by atoms with van der Waals surface area (Å²) in [6.45, 7) is 7.77. The van der Waals surface area contributed by atoms with Gasteiger partial charge in [0.15, 0.2) is 14.1 Å². The van der Waals surface area contributed by atoms with Gasteiger partial charge in [-0.2, -0.15) is 0 Å². The Labute approximate surface area is 102 Å². The summed E-state index contributed by atoms with van der Waals surface area (Å²) >= 11 is 5.86. The minimum atomic E-state index is -1.84. The summed E-state index contributed by atoms with van der Waals surface area (Å²) < 4.78 is 10.9. The average Bonchev–Trinajstić information content (AvgIpc) is 2.66. The monoisotopic (exact) mass is 260 g/mol. The lowest BCUT2D eigenvalue weighted by atomic mass is 10.0. The maximum atomic E-state index is 12.2. The highest BCUT2D eigenvalue weighted by Gasteiger charge is 2.39. The molecule has 1 atom stereocenters. The Balaban J connectivity index is 2.93. The van der Waals surface area contributed by atoms with Crippen molar-refractivity contribution in [3.05, 3.63) is 24.2 Å². The van der Waals surface area contributed by atoms with Gasteiger partial charge in [0.1, 0.15) is 5.60 Å². The van der Waals surface area contributed by atoms with Crippen LogP contribution < -0.4 is 0 Å². The van der Waals surface area contributed by atoms with Crippen LogP contribution in [-0.2, 0) is 4.43 Å². The molecule has 16 heavy (non-hydrogen) atoms. The van der Waals surface area contributed by atoms with Crippen LogP contribution >= 0.6 is 11.6 Å². The molecule has 1 aromatic rings. The Morgan fingerprint density at radius 1 is 1.56 bits per heavy atom. The van der Waals surface area contributed by atoms with E-state index in [4.69, 9.17) is 20.4 Å². The van der Waals surface area contributed by atoms with Gasteiger partial charge in [-0.3, -0.25) is 4.79 Å². The van der Waals surface area contributed by atoms with Crippen molar-refractivity contribution in [2.45, 2.75) is 32.2 Å². The van der Waals surface area contributed by atoms with Gasteiger partial charge in [-0.1, -0.05) is 0 Å². The van der Waals surface area contributed by atoms with Crippen LogP contribution in [0.25, 0.3) is 0 Å². The van der Waals surface area contributed by atoms with E-state index in [0.29, 0.717) is 5.76 Å². The zero-order chi connectivity index (χ0) is 12.4. The Morgan fingerprint density at radius 2 is 2.19 bits per heavy atom. The van der Waals surface area contributed by atoms with E-state index in [1.165, 1.54) is 6.26 Å². The molecule has 0 spiro atoms. The van der Waals surface area contributed by atoms with Crippen molar-refractivity contribution in [2.75, 3.05) is 5.88 Å². The van der Waals surface area contributed by atoms with E-state index in [1.807, 2.05) is 19.6 Å². The molecule has 0 saturated heterocycles. The van der Waals surface area contributed by atoms with Crippen molar-refractivity contribution in [1.29, 1.82) is 0 Å². The molecule has 0 radical (unpaired) electrons. The number of alkyl halides is 1. The summed E-state index contributed by atoms with van der Waals surface area (Å²) in [6.07, 6.45) is 1.47. The molecule has 1 aromatic heterocycles. The van der Waals surface area contributed by atoms with E-state index in [0.717, 1.165) is 0 Å². The first-order chi connectivity index (χ1) is 7.28. The molecule has 0 fully saturated rings. The maximum absolute atomic E-state index is 12.2. The fourth-order valence-electron chi connectivity index (χ4n) is 1.48. The summed E-state index contributed by atoms with van der Waals surface area (Å²) in [4.78, 5) is 12.2. The lowest BCUT2D eigenvalue weighted by Crippen LogP contribution is -2.47. The minimum absolute atomic E-state index is 0.122. The molecule has 0 aromatic carbocycles. The smallest absolute Gasteiger partial charge is 0.229 e. The van der Waals surface area contributed by atoms with Crippen LogP contribution in [0.5, 0.6) is 0 Å². The summed E-state index contributed by atoms with van der Waals surface area (Å²) in [5, 5.41) is 0. The number of hydrogen-bond acceptors (Lipinski definition) is 3. The fourth-order valence-corrected chi connectivity index (χ4v) is 3.26. The van der Waals surface area contributed by atoms with E-state index < -0.39 is 13.9 Å². The van der Waals surface area contributed by atoms with Gasteiger partial charge in [0, 0.05) is 0 Å². The molecule has 0 saturated carbocycles. The molecule has 0 aliphatic rings. The third-order valence-electron chi connectivity index (χ3n) is 2.01. The Bertz CT molecular complexity index is 356. The molecular formula is C11H17ClO3Si. The molecule has 0 aliphatic heterocycles. The Hall–Kier alpha value is -0.583. The van der Waals surface area contributed by atoms with E-state index in [2.05, 4.69) is 0 Å². The first-order valence-electron chi connectivity index (χ1n) is 5.13. The maximum Gasteiger partial charge on any atom is 0.229 e. The summed E-state index contributed by atoms with van der Waals surface area (Å²) in [6, 6.07) is 3.30. The molecule has 0 amide bonds. The van der Waals surface area contributed by atoms with Gasteiger partial charge in [0.25, 0.3) is 0 Å². The highest BCUT2D eigenvalue weighted by atomic mass is 35.5. The Morgan fingerprint density at radius 3 is 2.56 bits per heavy atom. The molecule has 1 unspecified atom stereocenters. The van der Waals surface area contributed by atoms with Crippen molar-refractivity contribution < 1.29 is 13.6 Å². The number of carbonyl (C=O) groups is 1. The molecule has 1 rings (SSSR count). The van der Waals surface area contributed by atoms with Crippen LogP contribution in [0.1, 0.15) is 17.5 Å². The molecule has 0 aliphatic carbocycles. The van der Waals surface area contributed by atoms with E-state index in [-0.39, 0.29) is 11.7 Å². The number of halogens is 1. The van der Waals surface area contributed by atoms with Crippen LogP contribution in [-0.4, -0.2) is 25.6 Å². The third-order valence-corrected chi connectivity index (χ3v) is 3.58. The fraction of sp³-hybridized carbons (Fsp3) is 0.545. The quantitative estimate of drug-likeness (QED) is 0.463. The third kappa shape index (κ3) is 3.20. The van der Waals surface area contributed by atoms with Crippen molar-refractivity contribution in [3.63, 3.8) is 0 Å². The van der Waals surface area contributed by atoms with Gasteiger partial charge in [-0.25, -0.2) is 0 Å². The number of furan rings is 1. The normalized spacial score (nSPS) is 15.8. The van der Waals surface area contributed by atoms with Gasteiger partial charge in [-0.15, -0.1) is 11.6 Å². The topological polar surface area (TPSA) is 39.4 Å². The van der Waals surface area contributed by atoms with Crippen molar-refractivity contribution in [2.24, 2.45) is 0 Å². The van der Waals surface area contributed by atoms with Crippen LogP contribution in [0.15, 0.2) is 22.8 Å². The molecule has 3 nitrogen and oxygen atoms in total. The molecule has 0 N–H and O–H groups in total. The zero-order valence-corrected chi connectivity index (χ0v) is 11.8. The number of rotatable bonds is 5. The second-order valence-corrected chi connectivity index (χ2v) is 9.58. The molecule has 1 heterocycles. The summed E-state index contributed by atoms with van der Waals surface area (Å²) in [7, 11) is -1.84. The van der Waals surface area contributed by atoms with Crippen LogP contribution in [0.3, 0.4) is 0 Å². The molecule has 5 heteroatoms. The second-order valence-electron chi connectivity index (χ2n) is 4.89. The largest absolute Gasteiger partial charge is 0.461 e. The first kappa shape index (κ1) is 13.5. The molecular weight excluding hydrogens is 244 g/mol. The van der Waals surface area contributed by atoms with Gasteiger partial charge in [-0.05, 0) is 38.7 Å². The van der Waals surface area contributed by atoms with Crippen molar-refractivity contribution >= 4 is 25.7 Å². The average molecular weight is 261 g/mol. The molecule has 90 valence electrons. The van der Waals surface area contributed by atoms with Gasteiger partial charge < -0.3 is 8.84 Å². The predicted octanol–water partition coefficient (Wildman–Crippen LogP) is 3.31. The van der Waals surface area contributed by atoms with E-state index >= 15 is 0 Å². The highest BCUT2D eigenvalue weighted by Crippen LogP contribution is 2.24. The number of carbonyl (C=O) groups excluding carboxylic acids is 1. The zero-order valence-electron chi connectivity index (χ0n) is 10.0. The van der Waals surface area contributed by atoms with Crippen LogP contribution in [0.2, 0.25) is 19.6 Å². The highest BCUT2D eigenvalue weighted by molar-refractivity contribution is 6.70. The van der Waals surface area contributed by atoms with Crippen molar-refractivity contribution in [1.82, 2.24) is 0 Å². The van der Waals surface area contributed by atoms with Gasteiger partial charge in [0.05, 0.1) is 12.1 Å². The lowest BCUT2D eigenvalue weighted by molar-refractivity contribution is 0.0540. The van der Waals surface area contributed by atoms with Gasteiger partial charge in [0.2, 0.25) is 5.78 Å². The van der Waals surface area contributed by atoms with Crippen LogP contribution in [0, 0.1) is 0 Å². The number of hydrogen-bond donors (Lipinski definition) is 0. The van der Waals surface area contributed by atoms with Crippen LogP contribution in [0.4, 0.5) is 0 Å². The summed E-state index contributed by atoms with van der Waals surface area (Å²) in [5.41, 5.74) is -0.996. The number of ketones is 1. The standard InChI is InChI=1S/C11H17ClO3Si/c1-11(8-12,15-16(2,3)4)10(13)9-6-5-7-14-9/h5-7H,8H2,1-4H3. The van der Waals surface area contributed by atoms with Gasteiger partial charge >= 0.3 is 0 Å². The van der Waals surface area contributed by atoms with E-state index in [9.17, 15) is 4.79 Å². The minimum Gasteiger partial charge on any atom is -0.461 e. The summed E-state index contributed by atoms with van der Waals surface area (Å²) in [5.74, 6) is 0.216. The first-order valence-corrected chi connectivity index (χ1v) is 9.07. The van der Waals surface area contributed by atoms with Crippen molar-refractivity contribution in [3.8, 4) is 0 Å². The lowest BCUT2D eigenvalue weighted by Gasteiger charge is -2.32. The number of Topliss-reactive ketones (excluding diaryl/α,β-unsaturated/α-hetero) is 1. The van der Waals surface area contributed by atoms with E-state index in [1.54, 1.807) is 19.1 Å². The molecule has 0 bridgehead atoms. The SMILES string of the molecule is CC(CCl)(O[Si](C)(C)C)C(=O)c1ccco1.